The second-order valence-corrected chi connectivity index (χ2v) is 22.8. The molecular formula is C52H63N4O10S2+. The number of carbonyl (C=O) groups excluding carboxylic acids is 3. The van der Waals surface area contributed by atoms with Gasteiger partial charge >= 0.3 is 0 Å². The van der Waals surface area contributed by atoms with Crippen LogP contribution < -0.4 is 15.2 Å². The van der Waals surface area contributed by atoms with Gasteiger partial charge in [0.2, 0.25) is 22.8 Å². The number of pyridine rings is 1. The van der Waals surface area contributed by atoms with E-state index in [1.807, 2.05) is 17.6 Å². The number of hydrogen-bond acceptors (Lipinski definition) is 9. The summed E-state index contributed by atoms with van der Waals surface area (Å²) in [5.74, 6) is -0.344. The van der Waals surface area contributed by atoms with Gasteiger partial charge in [0.15, 0.2) is 6.54 Å². The van der Waals surface area contributed by atoms with Crippen LogP contribution in [0.15, 0.2) is 95.9 Å². The molecule has 3 amide bonds. The molecule has 0 bridgehead atoms. The van der Waals surface area contributed by atoms with Crippen LogP contribution in [0.5, 0.6) is 5.75 Å². The molecule has 4 aromatic carbocycles. The number of sulfonamides is 1. The van der Waals surface area contributed by atoms with Gasteiger partial charge in [-0.25, -0.2) is 12.7 Å². The average Bonchev–Trinajstić information content (AvgIpc) is 3.61. The number of phenolic OH excluding ortho intramolecular Hbond substituents is 1. The lowest BCUT2D eigenvalue weighted by Crippen LogP contribution is -2.46. The van der Waals surface area contributed by atoms with Gasteiger partial charge in [0.25, 0.3) is 26.0 Å². The van der Waals surface area contributed by atoms with Gasteiger partial charge in [0.05, 0.1) is 39.1 Å². The first-order chi connectivity index (χ1) is 32.5. The Balaban J connectivity index is 0.881. The number of aliphatic hydroxyl groups is 1. The number of unbranched alkanes of at least 4 members (excludes halogenated alkanes) is 2. The summed E-state index contributed by atoms with van der Waals surface area (Å²) >= 11 is 0. The van der Waals surface area contributed by atoms with Crippen molar-refractivity contribution in [1.29, 1.82) is 0 Å². The van der Waals surface area contributed by atoms with Crippen molar-refractivity contribution in [2.75, 3.05) is 18.8 Å². The number of aromatic nitrogens is 1. The third kappa shape index (κ3) is 10.3. The molecule has 68 heavy (non-hydrogen) atoms. The van der Waals surface area contributed by atoms with Crippen LogP contribution in [0.3, 0.4) is 0 Å². The third-order valence-electron chi connectivity index (χ3n) is 15.0. The van der Waals surface area contributed by atoms with Crippen molar-refractivity contribution in [1.82, 2.24) is 14.9 Å². The number of carbonyl (C=O) groups is 3. The van der Waals surface area contributed by atoms with Crippen LogP contribution in [0.25, 0.3) is 21.8 Å². The maximum atomic E-state index is 14.9. The fourth-order valence-corrected chi connectivity index (χ4v) is 13.5. The maximum Gasteiger partial charge on any atom is 0.269 e. The Morgan fingerprint density at radius 1 is 0.794 bits per heavy atom. The van der Waals surface area contributed by atoms with Gasteiger partial charge in [-0.3, -0.25) is 18.9 Å². The highest BCUT2D eigenvalue weighted by Gasteiger charge is 2.55. The zero-order chi connectivity index (χ0) is 48.4. The molecule has 3 aliphatic carbocycles. The van der Waals surface area contributed by atoms with Crippen LogP contribution in [0, 0.1) is 24.2 Å². The Bertz CT molecular complexity index is 2870. The molecule has 0 unspecified atom stereocenters. The zero-order valence-electron chi connectivity index (χ0n) is 38.8. The zero-order valence-corrected chi connectivity index (χ0v) is 40.4. The number of fused-ring (bicyclic) bond motifs is 7. The van der Waals surface area contributed by atoms with Gasteiger partial charge in [-0.05, 0) is 129 Å². The highest BCUT2D eigenvalue weighted by Crippen LogP contribution is 2.62. The van der Waals surface area contributed by atoms with E-state index in [9.17, 15) is 46.0 Å². The van der Waals surface area contributed by atoms with Gasteiger partial charge in [-0.2, -0.15) is 13.0 Å². The lowest BCUT2D eigenvalue weighted by Gasteiger charge is -2.51. The van der Waals surface area contributed by atoms with Gasteiger partial charge < -0.3 is 20.8 Å². The minimum atomic E-state index is -4.42. The maximum absolute atomic E-state index is 14.9. The lowest BCUT2D eigenvalue weighted by molar-refractivity contribution is -0.645. The number of para-hydroxylation sites is 2. The topological polar surface area (TPSA) is 211 Å². The van der Waals surface area contributed by atoms with E-state index in [1.165, 1.54) is 17.7 Å². The minimum Gasteiger partial charge on any atom is -0.508 e. The number of benzene rings is 4. The summed E-state index contributed by atoms with van der Waals surface area (Å²) in [5, 5.41) is 28.4. The van der Waals surface area contributed by atoms with Crippen molar-refractivity contribution >= 4 is 59.7 Å². The molecule has 1 aromatic heterocycles. The Kier molecular flexibility index (Phi) is 14.6. The number of aromatic hydroxyl groups is 1. The summed E-state index contributed by atoms with van der Waals surface area (Å²) in [6, 6.07) is 25.5. The summed E-state index contributed by atoms with van der Waals surface area (Å²) in [5.41, 5.74) is 4.19. The van der Waals surface area contributed by atoms with Crippen molar-refractivity contribution in [3.05, 3.63) is 113 Å². The highest BCUT2D eigenvalue weighted by atomic mass is 32.2. The molecule has 0 spiro atoms. The van der Waals surface area contributed by atoms with Crippen molar-refractivity contribution in [2.45, 2.75) is 120 Å². The molecule has 14 nitrogen and oxygen atoms in total. The van der Waals surface area contributed by atoms with Gasteiger partial charge in [0, 0.05) is 44.5 Å². The smallest absolute Gasteiger partial charge is 0.269 e. The van der Waals surface area contributed by atoms with Crippen LogP contribution in [0.1, 0.15) is 123 Å². The number of aryl methyl sites for hydroxylation is 2. The Labute approximate surface area is 398 Å². The predicted molar refractivity (Wildman–Crippen MR) is 259 cm³/mol. The van der Waals surface area contributed by atoms with E-state index in [0.717, 1.165) is 47.5 Å². The summed E-state index contributed by atoms with van der Waals surface area (Å²) in [4.78, 5) is 41.3. The fraction of sp³-hybridized carbons (Fsp3) is 0.462. The monoisotopic (exact) mass is 967 g/mol. The van der Waals surface area contributed by atoms with Crippen LogP contribution in [-0.4, -0.2) is 78.6 Å². The van der Waals surface area contributed by atoms with Crippen LogP contribution in [0.2, 0.25) is 0 Å². The van der Waals surface area contributed by atoms with E-state index >= 15 is 0 Å². The van der Waals surface area contributed by atoms with E-state index in [4.69, 9.17) is 0 Å². The molecule has 0 aliphatic heterocycles. The molecule has 362 valence electrons. The average molecular weight is 968 g/mol. The predicted octanol–water partition coefficient (Wildman–Crippen LogP) is 7.39. The van der Waals surface area contributed by atoms with Gasteiger partial charge in [-0.1, -0.05) is 61.4 Å². The molecule has 0 radical (unpaired) electrons. The van der Waals surface area contributed by atoms with E-state index in [1.54, 1.807) is 72.8 Å². The first kappa shape index (κ1) is 49.0. The lowest BCUT2D eigenvalue weighted by atomic mass is 9.54. The largest absolute Gasteiger partial charge is 0.508 e. The quantitative estimate of drug-likeness (QED) is 0.0254. The van der Waals surface area contributed by atoms with Crippen molar-refractivity contribution < 1.29 is 50.6 Å². The summed E-state index contributed by atoms with van der Waals surface area (Å²) < 4.78 is 64.1. The first-order valence-electron chi connectivity index (χ1n) is 24.0. The number of nitrogens with one attached hydrogen (secondary N) is 2. The number of hydrogen-bond donors (Lipinski definition) is 5. The van der Waals surface area contributed by atoms with E-state index < -0.39 is 31.8 Å². The van der Waals surface area contributed by atoms with Crippen LogP contribution >= 0.6 is 0 Å². The molecule has 0 saturated heterocycles. The third-order valence-corrected chi connectivity index (χ3v) is 17.6. The molecule has 2 fully saturated rings. The molecule has 2 saturated carbocycles. The van der Waals surface area contributed by atoms with Crippen molar-refractivity contribution in [3.8, 4) is 5.75 Å². The molecule has 5 aromatic rings. The molecule has 6 atom stereocenters. The molecule has 1 heterocycles. The van der Waals surface area contributed by atoms with Crippen LogP contribution in [0.4, 0.5) is 0 Å². The molecule has 16 heteroatoms. The van der Waals surface area contributed by atoms with Crippen LogP contribution in [-0.2, 0) is 36.3 Å². The first-order valence-corrected chi connectivity index (χ1v) is 27.0. The molecule has 8 rings (SSSR count). The van der Waals surface area contributed by atoms with E-state index in [-0.39, 0.29) is 77.9 Å². The normalized spacial score (nSPS) is 22.3. The number of phenols is 1. The molecule has 5 N–H and O–H groups in total. The van der Waals surface area contributed by atoms with Gasteiger partial charge in [-0.15, -0.1) is 0 Å². The Morgan fingerprint density at radius 3 is 2.16 bits per heavy atom. The number of amides is 3. The van der Waals surface area contributed by atoms with E-state index in [2.05, 4.69) is 17.6 Å². The number of nitrogens with zero attached hydrogens (tertiary/aromatic N) is 2. The summed E-state index contributed by atoms with van der Waals surface area (Å²) in [6.07, 6.45) is 6.56. The number of rotatable bonds is 18. The Hall–Kier alpha value is -5.42. The SMILES string of the molecule is Cc1ccc(S(=O)(=O)N(CCCC(=O)NCCCCCC(=O)N[C@H]2C[C@@H]3[C@H](CC[C@]4(C)[C@@H](O)CC[C@@H]34)c3ccc(O)cc32)C(=O)c2c3ccccc3[n+](CCCS(=O)(=O)O)c3ccccc23)cc1. The second kappa shape index (κ2) is 20.3. The van der Waals surface area contributed by atoms with Crippen molar-refractivity contribution in [3.63, 3.8) is 0 Å². The standard InChI is InChI=1S/C52H62N4O10S2/c1-34-18-21-36(22-19-34)68(65,66)56(51(61)50-39-12-5-7-14-45(39)55(29-11-31-67(62,63)64)46-15-8-6-13-40(46)50)30-10-17-48(59)53-28-9-3-4-16-49(60)54-44-33-41-38(37-23-20-35(57)32-42(37)44)26-27-52(2)43(41)24-25-47(52)58/h5-8,12-15,18-23,32,38,41,43-44,47,58H,3-4,9-11,16-17,24-31,33H2,1-2H3,(H3-,53,54,57,59,60,62,63,64)/p+1/t38-,41-,43+,44+,47+,52+/m1/s1. The van der Waals surface area contributed by atoms with Gasteiger partial charge in [0.1, 0.15) is 5.75 Å². The number of aliphatic hydroxyl groups excluding tert-OH is 1. The molecular weight excluding hydrogens is 905 g/mol. The molecule has 3 aliphatic rings. The summed E-state index contributed by atoms with van der Waals surface area (Å²) in [7, 11) is -8.64. The summed E-state index contributed by atoms with van der Waals surface area (Å²) in [6.45, 7) is 4.33. The fourth-order valence-electron chi connectivity index (χ4n) is 11.6. The van der Waals surface area contributed by atoms with E-state index in [0.29, 0.717) is 71.8 Å². The minimum absolute atomic E-state index is 0.0428. The highest BCUT2D eigenvalue weighted by molar-refractivity contribution is 7.89. The second-order valence-electron chi connectivity index (χ2n) is 19.3. The van der Waals surface area contributed by atoms with Crippen molar-refractivity contribution in [2.24, 2.45) is 17.3 Å². The Morgan fingerprint density at radius 2 is 1.47 bits per heavy atom.